The van der Waals surface area contributed by atoms with E-state index in [1.54, 1.807) is 6.08 Å². The van der Waals surface area contributed by atoms with Crippen molar-refractivity contribution in [2.24, 2.45) is 0 Å². The third-order valence-electron chi connectivity index (χ3n) is 2.29. The van der Waals surface area contributed by atoms with Gasteiger partial charge in [0.05, 0.1) is 0 Å². The zero-order valence-electron chi connectivity index (χ0n) is 9.24. The monoisotopic (exact) mass is 238 g/mol. The molecule has 0 bridgehead atoms. The molecule has 0 spiro atoms. The molecule has 0 fully saturated rings. The molecule has 0 aliphatic rings. The number of carbonyl (C=O) groups is 1. The first kappa shape index (κ1) is 12.8. The standard InChI is InChI=1S/C13H15ClO2/c1-10-4-5-11(3-2-8-14)12(9-10)6-7-13(15)16/h4-7,9H,2-3,8H2,1H3,(H,15,16)/b7-6+. The van der Waals surface area contributed by atoms with Crippen molar-refractivity contribution in [3.8, 4) is 0 Å². The van der Waals surface area contributed by atoms with Gasteiger partial charge in [-0.25, -0.2) is 4.79 Å². The summed E-state index contributed by atoms with van der Waals surface area (Å²) in [5, 5.41) is 8.60. The van der Waals surface area contributed by atoms with E-state index in [0.717, 1.165) is 29.5 Å². The third-order valence-corrected chi connectivity index (χ3v) is 2.55. The van der Waals surface area contributed by atoms with Crippen LogP contribution in [0, 0.1) is 6.92 Å². The van der Waals surface area contributed by atoms with Crippen molar-refractivity contribution in [3.05, 3.63) is 41.0 Å². The van der Waals surface area contributed by atoms with Gasteiger partial charge in [0.2, 0.25) is 0 Å². The zero-order valence-corrected chi connectivity index (χ0v) is 10.00. The Kier molecular flexibility index (Phi) is 5.06. The van der Waals surface area contributed by atoms with Gasteiger partial charge in [0.25, 0.3) is 0 Å². The molecule has 0 radical (unpaired) electrons. The maximum absolute atomic E-state index is 10.5. The average molecular weight is 239 g/mol. The lowest BCUT2D eigenvalue weighted by atomic mass is 10.0. The van der Waals surface area contributed by atoms with E-state index in [4.69, 9.17) is 16.7 Å². The van der Waals surface area contributed by atoms with Crippen molar-refractivity contribution in [3.63, 3.8) is 0 Å². The Morgan fingerprint density at radius 2 is 2.25 bits per heavy atom. The molecule has 1 rings (SSSR count). The summed E-state index contributed by atoms with van der Waals surface area (Å²) in [7, 11) is 0. The van der Waals surface area contributed by atoms with Gasteiger partial charge in [-0.1, -0.05) is 23.8 Å². The smallest absolute Gasteiger partial charge is 0.328 e. The van der Waals surface area contributed by atoms with Crippen LogP contribution < -0.4 is 0 Å². The first-order valence-corrected chi connectivity index (χ1v) is 5.73. The van der Waals surface area contributed by atoms with Crippen LogP contribution in [0.15, 0.2) is 24.3 Å². The molecule has 86 valence electrons. The minimum atomic E-state index is -0.926. The predicted octanol–water partition coefficient (Wildman–Crippen LogP) is 3.26. The maximum Gasteiger partial charge on any atom is 0.328 e. The van der Waals surface area contributed by atoms with Crippen LogP contribution in [0.1, 0.15) is 23.1 Å². The van der Waals surface area contributed by atoms with E-state index in [9.17, 15) is 4.79 Å². The van der Waals surface area contributed by atoms with Crippen LogP contribution in [0.4, 0.5) is 0 Å². The van der Waals surface area contributed by atoms with Gasteiger partial charge in [-0.05, 0) is 37.0 Å². The third kappa shape index (κ3) is 4.07. The second-order valence-electron chi connectivity index (χ2n) is 3.67. The molecule has 0 amide bonds. The van der Waals surface area contributed by atoms with Crippen LogP contribution in [0.3, 0.4) is 0 Å². The van der Waals surface area contributed by atoms with Crippen LogP contribution in [-0.2, 0) is 11.2 Å². The van der Waals surface area contributed by atoms with Crippen molar-refractivity contribution in [2.45, 2.75) is 19.8 Å². The molecule has 0 aromatic heterocycles. The van der Waals surface area contributed by atoms with Gasteiger partial charge in [-0.2, -0.15) is 0 Å². The molecular weight excluding hydrogens is 224 g/mol. The number of aliphatic carboxylic acids is 1. The van der Waals surface area contributed by atoms with Crippen molar-refractivity contribution in [2.75, 3.05) is 5.88 Å². The Labute approximate surface area is 101 Å². The number of hydrogen-bond donors (Lipinski definition) is 1. The summed E-state index contributed by atoms with van der Waals surface area (Å²) in [6.45, 7) is 1.99. The number of alkyl halides is 1. The highest BCUT2D eigenvalue weighted by Crippen LogP contribution is 2.15. The van der Waals surface area contributed by atoms with E-state index < -0.39 is 5.97 Å². The van der Waals surface area contributed by atoms with Gasteiger partial charge in [0.1, 0.15) is 0 Å². The Balaban J connectivity index is 2.93. The molecule has 3 heteroatoms. The molecule has 0 saturated carbocycles. The van der Waals surface area contributed by atoms with E-state index in [-0.39, 0.29) is 0 Å². The largest absolute Gasteiger partial charge is 0.478 e. The lowest BCUT2D eigenvalue weighted by molar-refractivity contribution is -0.131. The summed E-state index contributed by atoms with van der Waals surface area (Å²) < 4.78 is 0. The van der Waals surface area contributed by atoms with E-state index in [2.05, 4.69) is 0 Å². The molecule has 2 nitrogen and oxygen atoms in total. The Bertz CT molecular complexity index is 397. The lowest BCUT2D eigenvalue weighted by Gasteiger charge is -2.06. The normalized spacial score (nSPS) is 10.9. The Morgan fingerprint density at radius 3 is 2.88 bits per heavy atom. The fraction of sp³-hybridized carbons (Fsp3) is 0.308. The first-order valence-electron chi connectivity index (χ1n) is 5.20. The highest BCUT2D eigenvalue weighted by Gasteiger charge is 2.00. The molecule has 16 heavy (non-hydrogen) atoms. The molecule has 1 aromatic rings. The summed E-state index contributed by atoms with van der Waals surface area (Å²) in [5.41, 5.74) is 3.23. The average Bonchev–Trinajstić information content (AvgIpc) is 2.25. The molecule has 1 aromatic carbocycles. The van der Waals surface area contributed by atoms with Gasteiger partial charge in [-0.3, -0.25) is 0 Å². The molecule has 0 atom stereocenters. The Hall–Kier alpha value is -1.28. The number of halogens is 1. The molecule has 0 saturated heterocycles. The summed E-state index contributed by atoms with van der Waals surface area (Å²) >= 11 is 5.65. The topological polar surface area (TPSA) is 37.3 Å². The van der Waals surface area contributed by atoms with Crippen LogP contribution in [0.25, 0.3) is 6.08 Å². The number of rotatable bonds is 5. The molecule has 0 aliphatic heterocycles. The predicted molar refractivity (Wildman–Crippen MR) is 66.9 cm³/mol. The molecule has 1 N–H and O–H groups in total. The van der Waals surface area contributed by atoms with Crippen molar-refractivity contribution < 1.29 is 9.90 Å². The highest BCUT2D eigenvalue weighted by atomic mass is 35.5. The van der Waals surface area contributed by atoms with Gasteiger partial charge >= 0.3 is 5.97 Å². The number of carboxylic acid groups (broad SMARTS) is 1. The Morgan fingerprint density at radius 1 is 1.50 bits per heavy atom. The second-order valence-corrected chi connectivity index (χ2v) is 4.04. The van der Waals surface area contributed by atoms with Crippen molar-refractivity contribution in [1.82, 2.24) is 0 Å². The zero-order chi connectivity index (χ0) is 12.0. The summed E-state index contributed by atoms with van der Waals surface area (Å²) in [4.78, 5) is 10.5. The van der Waals surface area contributed by atoms with Crippen molar-refractivity contribution in [1.29, 1.82) is 0 Å². The highest BCUT2D eigenvalue weighted by molar-refractivity contribution is 6.17. The fourth-order valence-corrected chi connectivity index (χ4v) is 1.65. The molecular formula is C13H15ClO2. The fourth-order valence-electron chi connectivity index (χ4n) is 1.52. The summed E-state index contributed by atoms with van der Waals surface area (Å²) in [6, 6.07) is 6.05. The van der Waals surface area contributed by atoms with E-state index in [0.29, 0.717) is 5.88 Å². The van der Waals surface area contributed by atoms with Gasteiger partial charge < -0.3 is 5.11 Å². The van der Waals surface area contributed by atoms with Gasteiger partial charge in [-0.15, -0.1) is 11.6 Å². The van der Waals surface area contributed by atoms with Gasteiger partial charge in [0.15, 0.2) is 0 Å². The van der Waals surface area contributed by atoms with Crippen LogP contribution in [0.5, 0.6) is 0 Å². The number of benzene rings is 1. The van der Waals surface area contributed by atoms with Crippen LogP contribution >= 0.6 is 11.6 Å². The van der Waals surface area contributed by atoms with Crippen LogP contribution in [0.2, 0.25) is 0 Å². The summed E-state index contributed by atoms with van der Waals surface area (Å²) in [6.07, 6.45) is 4.58. The maximum atomic E-state index is 10.5. The number of hydrogen-bond acceptors (Lipinski definition) is 1. The summed E-state index contributed by atoms with van der Waals surface area (Å²) in [5.74, 6) is -0.305. The van der Waals surface area contributed by atoms with E-state index in [1.807, 2.05) is 25.1 Å². The SMILES string of the molecule is Cc1ccc(CCCCl)c(/C=C/C(=O)O)c1. The quantitative estimate of drug-likeness (QED) is 0.632. The molecule has 0 heterocycles. The number of carboxylic acids is 1. The van der Waals surface area contributed by atoms with Crippen LogP contribution in [-0.4, -0.2) is 17.0 Å². The van der Waals surface area contributed by atoms with Crippen molar-refractivity contribution >= 4 is 23.6 Å². The second kappa shape index (κ2) is 6.33. The minimum Gasteiger partial charge on any atom is -0.478 e. The number of aryl methyl sites for hydroxylation is 2. The first-order chi connectivity index (χ1) is 7.63. The molecule has 0 unspecified atom stereocenters. The lowest BCUT2D eigenvalue weighted by Crippen LogP contribution is -1.93. The minimum absolute atomic E-state index is 0.621. The van der Waals surface area contributed by atoms with E-state index in [1.165, 1.54) is 6.08 Å². The van der Waals surface area contributed by atoms with E-state index >= 15 is 0 Å². The van der Waals surface area contributed by atoms with Gasteiger partial charge in [0, 0.05) is 12.0 Å². The molecule has 0 aliphatic carbocycles.